The van der Waals surface area contributed by atoms with E-state index in [0.717, 1.165) is 0 Å². The number of carbonyl (C=O) groups excluding carboxylic acids is 1. The molecular formula is C24H20N4O4S. The van der Waals surface area contributed by atoms with Gasteiger partial charge in [-0.05, 0) is 48.0 Å². The van der Waals surface area contributed by atoms with Gasteiger partial charge in [0.1, 0.15) is 10.6 Å². The Morgan fingerprint density at radius 1 is 0.879 bits per heavy atom. The average Bonchev–Trinajstić information content (AvgIpc) is 2.85. The molecule has 4 rings (SSSR count). The lowest BCUT2D eigenvalue weighted by Crippen LogP contribution is -2.23. The lowest BCUT2D eigenvalue weighted by atomic mass is 10.1. The first-order valence-corrected chi connectivity index (χ1v) is 11.5. The van der Waals surface area contributed by atoms with Gasteiger partial charge in [0.05, 0.1) is 18.1 Å². The van der Waals surface area contributed by atoms with E-state index < -0.39 is 10.0 Å². The molecule has 2 aromatic carbocycles. The molecule has 0 aliphatic heterocycles. The van der Waals surface area contributed by atoms with E-state index in [9.17, 15) is 13.2 Å². The molecule has 4 aromatic rings. The minimum absolute atomic E-state index is 0.0235. The van der Waals surface area contributed by atoms with Crippen LogP contribution in [0.25, 0.3) is 0 Å². The summed E-state index contributed by atoms with van der Waals surface area (Å²) in [4.78, 5) is 20.3. The van der Waals surface area contributed by atoms with Crippen LogP contribution >= 0.6 is 0 Å². The predicted octanol–water partition coefficient (Wildman–Crippen LogP) is 4.00. The molecule has 0 aliphatic carbocycles. The number of ether oxygens (including phenoxy) is 1. The molecule has 0 radical (unpaired) electrons. The second-order valence-corrected chi connectivity index (χ2v) is 8.73. The molecule has 0 bridgehead atoms. The number of carbonyl (C=O) groups is 1. The third-order valence-electron chi connectivity index (χ3n) is 4.59. The third kappa shape index (κ3) is 6.00. The molecule has 0 aliphatic rings. The van der Waals surface area contributed by atoms with Crippen LogP contribution in [-0.2, 0) is 16.6 Å². The molecule has 9 heteroatoms. The van der Waals surface area contributed by atoms with Crippen molar-refractivity contribution < 1.29 is 17.9 Å². The maximum absolute atomic E-state index is 12.6. The summed E-state index contributed by atoms with van der Waals surface area (Å²) in [5.41, 5.74) is 1.74. The number of hydrogen-bond acceptors (Lipinski definition) is 6. The second-order valence-electron chi connectivity index (χ2n) is 6.96. The molecule has 1 amide bonds. The molecule has 8 nitrogen and oxygen atoms in total. The van der Waals surface area contributed by atoms with Crippen LogP contribution in [0.1, 0.15) is 15.9 Å². The fourth-order valence-electron chi connectivity index (χ4n) is 2.87. The van der Waals surface area contributed by atoms with E-state index in [4.69, 9.17) is 4.74 Å². The van der Waals surface area contributed by atoms with Crippen LogP contribution < -0.4 is 14.8 Å². The van der Waals surface area contributed by atoms with Gasteiger partial charge in [-0.2, -0.15) is 0 Å². The Kier molecular flexibility index (Phi) is 6.72. The number of hydrogen-bond donors (Lipinski definition) is 2. The second kappa shape index (κ2) is 10.0. The fourth-order valence-corrected chi connectivity index (χ4v) is 3.83. The van der Waals surface area contributed by atoms with Crippen molar-refractivity contribution in [3.8, 4) is 11.6 Å². The Bertz CT molecular complexity index is 1310. The van der Waals surface area contributed by atoms with E-state index in [2.05, 4.69) is 20.0 Å². The zero-order chi connectivity index (χ0) is 23.1. The molecule has 0 saturated heterocycles. The van der Waals surface area contributed by atoms with Crippen molar-refractivity contribution in [3.05, 3.63) is 109 Å². The Labute approximate surface area is 191 Å². The van der Waals surface area contributed by atoms with Gasteiger partial charge in [0, 0.05) is 24.4 Å². The van der Waals surface area contributed by atoms with Crippen molar-refractivity contribution in [2.24, 2.45) is 0 Å². The first kappa shape index (κ1) is 22.1. The number of rotatable bonds is 8. The topological polar surface area (TPSA) is 110 Å². The number of anilines is 1. The minimum Gasteiger partial charge on any atom is -0.439 e. The van der Waals surface area contributed by atoms with Gasteiger partial charge in [0.15, 0.2) is 0 Å². The average molecular weight is 461 g/mol. The van der Waals surface area contributed by atoms with Crippen LogP contribution in [0, 0.1) is 0 Å². The quantitative estimate of drug-likeness (QED) is 0.411. The lowest BCUT2D eigenvalue weighted by molar-refractivity contribution is 0.102. The fraction of sp³-hybridized carbons (Fsp3) is 0.0417. The van der Waals surface area contributed by atoms with Crippen LogP contribution in [0.15, 0.2) is 102 Å². The van der Waals surface area contributed by atoms with Crippen molar-refractivity contribution in [1.82, 2.24) is 14.7 Å². The van der Waals surface area contributed by atoms with Crippen LogP contribution in [0.5, 0.6) is 11.6 Å². The van der Waals surface area contributed by atoms with Crippen molar-refractivity contribution in [3.63, 3.8) is 0 Å². The molecule has 0 fully saturated rings. The summed E-state index contributed by atoms with van der Waals surface area (Å²) in [6.07, 6.45) is 4.41. The molecular weight excluding hydrogens is 440 g/mol. The first-order chi connectivity index (χ1) is 16.0. The summed E-state index contributed by atoms with van der Waals surface area (Å²) in [5.74, 6) is 0.621. The number of nitrogens with one attached hydrogen (secondary N) is 2. The summed E-state index contributed by atoms with van der Waals surface area (Å²) < 4.78 is 33.3. The zero-order valence-electron chi connectivity index (χ0n) is 17.4. The highest BCUT2D eigenvalue weighted by Gasteiger charge is 2.15. The van der Waals surface area contributed by atoms with Crippen LogP contribution in [-0.4, -0.2) is 24.3 Å². The summed E-state index contributed by atoms with van der Waals surface area (Å²) in [6.45, 7) is 0.0646. The van der Waals surface area contributed by atoms with Crippen molar-refractivity contribution in [1.29, 1.82) is 0 Å². The van der Waals surface area contributed by atoms with Gasteiger partial charge in [-0.1, -0.05) is 30.3 Å². The molecule has 2 heterocycles. The molecule has 2 aromatic heterocycles. The molecule has 0 saturated carbocycles. The highest BCUT2D eigenvalue weighted by Crippen LogP contribution is 2.20. The number of para-hydroxylation sites is 1. The number of pyridine rings is 2. The summed E-state index contributed by atoms with van der Waals surface area (Å²) >= 11 is 0. The Morgan fingerprint density at radius 3 is 2.33 bits per heavy atom. The summed E-state index contributed by atoms with van der Waals surface area (Å²) in [7, 11) is -3.77. The van der Waals surface area contributed by atoms with Gasteiger partial charge in [0.2, 0.25) is 15.9 Å². The molecule has 166 valence electrons. The number of aromatic nitrogens is 2. The van der Waals surface area contributed by atoms with Gasteiger partial charge in [-0.25, -0.2) is 18.1 Å². The summed E-state index contributed by atoms with van der Waals surface area (Å²) in [5, 5.41) is 2.75. The van der Waals surface area contributed by atoms with Gasteiger partial charge in [-0.3, -0.25) is 9.78 Å². The van der Waals surface area contributed by atoms with Crippen LogP contribution in [0.3, 0.4) is 0 Å². The van der Waals surface area contributed by atoms with E-state index in [1.54, 1.807) is 60.9 Å². The predicted molar refractivity (Wildman–Crippen MR) is 123 cm³/mol. The van der Waals surface area contributed by atoms with E-state index in [1.807, 2.05) is 18.2 Å². The van der Waals surface area contributed by atoms with Crippen molar-refractivity contribution >= 4 is 21.6 Å². The van der Waals surface area contributed by atoms with Gasteiger partial charge < -0.3 is 10.1 Å². The molecule has 0 spiro atoms. The summed E-state index contributed by atoms with van der Waals surface area (Å²) in [6, 6.07) is 22.1. The first-order valence-electron chi connectivity index (χ1n) is 9.98. The normalized spacial score (nSPS) is 11.0. The monoisotopic (exact) mass is 460 g/mol. The molecule has 2 N–H and O–H groups in total. The smallest absolute Gasteiger partial charge is 0.255 e. The van der Waals surface area contributed by atoms with Crippen LogP contribution in [0.2, 0.25) is 0 Å². The van der Waals surface area contributed by atoms with Crippen molar-refractivity contribution in [2.75, 3.05) is 5.32 Å². The van der Waals surface area contributed by atoms with E-state index in [-0.39, 0.29) is 17.3 Å². The Morgan fingerprint density at radius 2 is 1.67 bits per heavy atom. The van der Waals surface area contributed by atoms with Gasteiger partial charge in [0.25, 0.3) is 5.91 Å². The number of nitrogens with zero attached hydrogens (tertiary/aromatic N) is 2. The van der Waals surface area contributed by atoms with E-state index in [1.165, 1.54) is 18.3 Å². The number of benzene rings is 2. The zero-order valence-corrected chi connectivity index (χ0v) is 18.2. The van der Waals surface area contributed by atoms with Gasteiger partial charge >= 0.3 is 0 Å². The number of amides is 1. The van der Waals surface area contributed by atoms with E-state index in [0.29, 0.717) is 28.4 Å². The Balaban J connectivity index is 1.34. The molecule has 0 atom stereocenters. The maximum atomic E-state index is 12.6. The standard InChI is InChI=1S/C24H20N4O4S/c29-24(28-20-5-4-14-25-16-20)19-10-8-18(9-11-19)15-27-33(30,31)22-12-13-23(26-17-22)32-21-6-2-1-3-7-21/h1-14,16-17,27H,15H2,(H,28,29). The number of sulfonamides is 1. The lowest BCUT2D eigenvalue weighted by Gasteiger charge is -2.09. The third-order valence-corrected chi connectivity index (χ3v) is 5.97. The highest BCUT2D eigenvalue weighted by atomic mass is 32.2. The molecule has 0 unspecified atom stereocenters. The van der Waals surface area contributed by atoms with E-state index >= 15 is 0 Å². The Hall–Kier alpha value is -4.08. The van der Waals surface area contributed by atoms with Crippen molar-refractivity contribution in [2.45, 2.75) is 11.4 Å². The maximum Gasteiger partial charge on any atom is 0.255 e. The minimum atomic E-state index is -3.77. The largest absolute Gasteiger partial charge is 0.439 e. The SMILES string of the molecule is O=C(Nc1cccnc1)c1ccc(CNS(=O)(=O)c2ccc(Oc3ccccc3)nc2)cc1. The van der Waals surface area contributed by atoms with Gasteiger partial charge in [-0.15, -0.1) is 0 Å². The highest BCUT2D eigenvalue weighted by molar-refractivity contribution is 7.89. The molecule has 33 heavy (non-hydrogen) atoms. The van der Waals surface area contributed by atoms with Crippen LogP contribution in [0.4, 0.5) is 5.69 Å².